The third kappa shape index (κ3) is 5.07. The van der Waals surface area contributed by atoms with Crippen molar-refractivity contribution in [3.8, 4) is 0 Å². The van der Waals surface area contributed by atoms with Gasteiger partial charge in [0.1, 0.15) is 12.6 Å². The molecule has 1 aliphatic heterocycles. The van der Waals surface area contributed by atoms with Crippen molar-refractivity contribution >= 4 is 23.7 Å². The van der Waals surface area contributed by atoms with E-state index in [4.69, 9.17) is 4.74 Å². The van der Waals surface area contributed by atoms with Gasteiger partial charge in [-0.3, -0.25) is 4.79 Å². The van der Waals surface area contributed by atoms with Crippen LogP contribution < -0.4 is 5.32 Å². The van der Waals surface area contributed by atoms with Crippen molar-refractivity contribution in [3.63, 3.8) is 0 Å². The lowest BCUT2D eigenvalue weighted by Crippen LogP contribution is -2.44. The summed E-state index contributed by atoms with van der Waals surface area (Å²) in [5.41, 5.74) is -1.28. The molecule has 1 saturated heterocycles. The summed E-state index contributed by atoms with van der Waals surface area (Å²) in [6.07, 6.45) is 3.34. The number of nitrogens with one attached hydrogen (secondary N) is 1. The average molecular weight is 311 g/mol. The molecule has 7 heteroatoms. The molecule has 22 heavy (non-hydrogen) atoms. The van der Waals surface area contributed by atoms with E-state index in [1.54, 1.807) is 0 Å². The summed E-state index contributed by atoms with van der Waals surface area (Å²) in [5.74, 6) is -3.61. The smallest absolute Gasteiger partial charge is 0.383 e. The first-order valence-corrected chi connectivity index (χ1v) is 7.11. The fourth-order valence-electron chi connectivity index (χ4n) is 1.91. The van der Waals surface area contributed by atoms with Gasteiger partial charge in [0.15, 0.2) is 0 Å². The predicted octanol–water partition coefficient (Wildman–Crippen LogP) is 0.523. The maximum Gasteiger partial charge on any atom is 0.383 e. The highest BCUT2D eigenvalue weighted by Gasteiger charge is 2.37. The number of rotatable bonds is 6. The standard InChI is InChI=1S/C15H21NO6/c1-4-11(17)21-9-15(2,3)12(18)14(20)22-13(19)10-7-5-6-8-16-10/h4,10,16H,1,5-9H2,2-3H3/t10-/m0/s1. The summed E-state index contributed by atoms with van der Waals surface area (Å²) >= 11 is 0. The van der Waals surface area contributed by atoms with Crippen LogP contribution in [0.4, 0.5) is 0 Å². The highest BCUT2D eigenvalue weighted by atomic mass is 16.6. The predicted molar refractivity (Wildman–Crippen MR) is 76.7 cm³/mol. The summed E-state index contributed by atoms with van der Waals surface area (Å²) in [4.78, 5) is 46.6. The molecule has 1 atom stereocenters. The zero-order chi connectivity index (χ0) is 16.8. The molecule has 0 aromatic heterocycles. The van der Waals surface area contributed by atoms with Gasteiger partial charge >= 0.3 is 17.9 Å². The molecule has 1 rings (SSSR count). The van der Waals surface area contributed by atoms with Gasteiger partial charge in [-0.05, 0) is 33.2 Å². The first kappa shape index (κ1) is 18.0. The van der Waals surface area contributed by atoms with E-state index in [9.17, 15) is 19.2 Å². The summed E-state index contributed by atoms with van der Waals surface area (Å²) in [6, 6.07) is -0.563. The van der Waals surface area contributed by atoms with Gasteiger partial charge in [0, 0.05) is 6.08 Å². The van der Waals surface area contributed by atoms with E-state index in [1.165, 1.54) is 13.8 Å². The van der Waals surface area contributed by atoms with E-state index in [1.807, 2.05) is 0 Å². The van der Waals surface area contributed by atoms with Crippen LogP contribution in [0.3, 0.4) is 0 Å². The van der Waals surface area contributed by atoms with E-state index in [0.29, 0.717) is 13.0 Å². The van der Waals surface area contributed by atoms with E-state index in [2.05, 4.69) is 16.6 Å². The van der Waals surface area contributed by atoms with Crippen LogP contribution in [-0.2, 0) is 28.7 Å². The molecule has 122 valence electrons. The number of esters is 3. The molecule has 0 amide bonds. The number of hydrogen-bond donors (Lipinski definition) is 1. The second-order valence-electron chi connectivity index (χ2n) is 5.74. The number of carbonyl (C=O) groups is 4. The topological polar surface area (TPSA) is 98.8 Å². The van der Waals surface area contributed by atoms with Crippen molar-refractivity contribution in [2.45, 2.75) is 39.2 Å². The first-order chi connectivity index (χ1) is 10.3. The van der Waals surface area contributed by atoms with Crippen molar-refractivity contribution in [1.29, 1.82) is 0 Å². The second-order valence-corrected chi connectivity index (χ2v) is 5.74. The van der Waals surface area contributed by atoms with Gasteiger partial charge in [-0.15, -0.1) is 0 Å². The van der Waals surface area contributed by atoms with E-state index >= 15 is 0 Å². The second kappa shape index (κ2) is 7.84. The quantitative estimate of drug-likeness (QED) is 0.330. The Bertz CT molecular complexity index is 476. The van der Waals surface area contributed by atoms with E-state index < -0.39 is 35.1 Å². The lowest BCUT2D eigenvalue weighted by atomic mass is 9.89. The highest BCUT2D eigenvalue weighted by molar-refractivity contribution is 6.37. The molecule has 7 nitrogen and oxygen atoms in total. The summed E-state index contributed by atoms with van der Waals surface area (Å²) in [6.45, 7) is 6.45. The Labute approximate surface area is 129 Å². The van der Waals surface area contributed by atoms with Crippen LogP contribution in [0.25, 0.3) is 0 Å². The van der Waals surface area contributed by atoms with E-state index in [0.717, 1.165) is 18.9 Å². The Morgan fingerprint density at radius 2 is 1.95 bits per heavy atom. The number of piperidine rings is 1. The summed E-state index contributed by atoms with van der Waals surface area (Å²) in [7, 11) is 0. The Morgan fingerprint density at radius 1 is 1.27 bits per heavy atom. The molecule has 1 aliphatic rings. The van der Waals surface area contributed by atoms with Crippen LogP contribution in [0.15, 0.2) is 12.7 Å². The average Bonchev–Trinajstić information content (AvgIpc) is 2.52. The fourth-order valence-corrected chi connectivity index (χ4v) is 1.91. The molecule has 0 radical (unpaired) electrons. The lowest BCUT2D eigenvalue weighted by molar-refractivity contribution is -0.169. The van der Waals surface area contributed by atoms with Crippen LogP contribution >= 0.6 is 0 Å². The van der Waals surface area contributed by atoms with Crippen molar-refractivity contribution in [2.24, 2.45) is 5.41 Å². The van der Waals surface area contributed by atoms with Crippen molar-refractivity contribution in [2.75, 3.05) is 13.2 Å². The van der Waals surface area contributed by atoms with E-state index in [-0.39, 0.29) is 6.61 Å². The normalized spacial score (nSPS) is 18.2. The van der Waals surface area contributed by atoms with Gasteiger partial charge in [-0.2, -0.15) is 0 Å². The monoisotopic (exact) mass is 311 g/mol. The van der Waals surface area contributed by atoms with Crippen molar-refractivity contribution < 1.29 is 28.7 Å². The first-order valence-electron chi connectivity index (χ1n) is 7.11. The Hall–Kier alpha value is -2.02. The maximum absolute atomic E-state index is 12.0. The van der Waals surface area contributed by atoms with Gasteiger partial charge in [0.2, 0.25) is 5.78 Å². The zero-order valence-corrected chi connectivity index (χ0v) is 12.8. The molecular weight excluding hydrogens is 290 g/mol. The number of hydrogen-bond acceptors (Lipinski definition) is 7. The van der Waals surface area contributed by atoms with Crippen LogP contribution in [0, 0.1) is 5.41 Å². The molecule has 0 bridgehead atoms. The van der Waals surface area contributed by atoms with Gasteiger partial charge in [0.05, 0.1) is 5.41 Å². The molecule has 0 aromatic carbocycles. The van der Waals surface area contributed by atoms with Gasteiger partial charge < -0.3 is 14.8 Å². The van der Waals surface area contributed by atoms with Gasteiger partial charge in [-0.1, -0.05) is 13.0 Å². The molecule has 0 aromatic rings. The van der Waals surface area contributed by atoms with Crippen molar-refractivity contribution in [3.05, 3.63) is 12.7 Å². The molecule has 0 spiro atoms. The van der Waals surface area contributed by atoms with Crippen LogP contribution in [0.5, 0.6) is 0 Å². The molecular formula is C15H21NO6. The van der Waals surface area contributed by atoms with Gasteiger partial charge in [0.25, 0.3) is 0 Å². The minimum Gasteiger partial charge on any atom is -0.461 e. The molecule has 0 saturated carbocycles. The van der Waals surface area contributed by atoms with Crippen LogP contribution in [0.1, 0.15) is 33.1 Å². The molecule has 0 unspecified atom stereocenters. The third-order valence-corrected chi connectivity index (χ3v) is 3.33. The number of carbonyl (C=O) groups excluding carboxylic acids is 4. The Morgan fingerprint density at radius 3 is 2.50 bits per heavy atom. The van der Waals surface area contributed by atoms with Crippen LogP contribution in [0.2, 0.25) is 0 Å². The number of ketones is 1. The van der Waals surface area contributed by atoms with Crippen molar-refractivity contribution in [1.82, 2.24) is 5.32 Å². The van der Waals surface area contributed by atoms with Crippen LogP contribution in [-0.4, -0.2) is 42.9 Å². The fraction of sp³-hybridized carbons (Fsp3) is 0.600. The largest absolute Gasteiger partial charge is 0.461 e. The summed E-state index contributed by atoms with van der Waals surface area (Å²) < 4.78 is 9.39. The molecule has 1 fully saturated rings. The minimum atomic E-state index is -1.28. The third-order valence-electron chi connectivity index (χ3n) is 3.33. The highest BCUT2D eigenvalue weighted by Crippen LogP contribution is 2.19. The minimum absolute atomic E-state index is 0.304. The summed E-state index contributed by atoms with van der Waals surface area (Å²) in [5, 5.41) is 2.93. The zero-order valence-electron chi connectivity index (χ0n) is 12.8. The number of ether oxygens (including phenoxy) is 2. The Kier molecular flexibility index (Phi) is 6.42. The molecule has 1 heterocycles. The van der Waals surface area contributed by atoms with Gasteiger partial charge in [-0.25, -0.2) is 14.4 Å². The Balaban J connectivity index is 2.55. The SMILES string of the molecule is C=CC(=O)OCC(C)(C)C(=O)C(=O)OC(=O)[C@@H]1CCCCN1. The number of Topliss-reactive ketones (excluding diaryl/α,β-unsaturated/α-hetero) is 1. The maximum atomic E-state index is 12.0. The lowest BCUT2D eigenvalue weighted by Gasteiger charge is -2.23. The molecule has 0 aliphatic carbocycles. The molecule has 1 N–H and O–H groups in total.